The average molecular weight is 574 g/mol. The quantitative estimate of drug-likeness (QED) is 0.226. The highest BCUT2D eigenvalue weighted by Gasteiger charge is 2.39. The van der Waals surface area contributed by atoms with E-state index in [9.17, 15) is 18.7 Å². The fourth-order valence-electron chi connectivity index (χ4n) is 5.74. The van der Waals surface area contributed by atoms with E-state index in [-0.39, 0.29) is 18.4 Å². The number of halogens is 2. The number of anilines is 1. The number of carbonyl (C=O) groups excluding carboxylic acids is 1. The number of nitrogens with zero attached hydrogens (tertiary/aromatic N) is 1. The zero-order valence-corrected chi connectivity index (χ0v) is 24.2. The molecule has 3 N–H and O–H groups in total. The van der Waals surface area contributed by atoms with Crippen LogP contribution in [0.4, 0.5) is 14.5 Å². The number of aliphatic hydroxyl groups excluding tert-OH is 1. The molecule has 5 rings (SSSR count). The summed E-state index contributed by atoms with van der Waals surface area (Å²) in [6.07, 6.45) is 2.47. The molecule has 1 heterocycles. The Labute approximate surface area is 245 Å². The summed E-state index contributed by atoms with van der Waals surface area (Å²) in [5, 5.41) is 22.2. The average Bonchev–Trinajstić information content (AvgIpc) is 3.42. The summed E-state index contributed by atoms with van der Waals surface area (Å²) in [6, 6.07) is 20.5. The van der Waals surface area contributed by atoms with E-state index < -0.39 is 35.1 Å². The highest BCUT2D eigenvalue weighted by molar-refractivity contribution is 5.93. The highest BCUT2D eigenvalue weighted by atomic mass is 19.1. The minimum absolute atomic E-state index is 0.0432. The summed E-state index contributed by atoms with van der Waals surface area (Å²) in [5.74, 6) is -2.88. The molecule has 1 aliphatic carbocycles. The summed E-state index contributed by atoms with van der Waals surface area (Å²) in [7, 11) is 0. The summed E-state index contributed by atoms with van der Waals surface area (Å²) in [4.78, 5) is 13.5. The molecule has 1 aromatic heterocycles. The van der Waals surface area contributed by atoms with Crippen molar-refractivity contribution in [1.29, 1.82) is 0 Å². The van der Waals surface area contributed by atoms with E-state index in [1.165, 1.54) is 17.7 Å². The second kappa shape index (κ2) is 12.2. The van der Waals surface area contributed by atoms with Crippen molar-refractivity contribution >= 4 is 11.6 Å². The third kappa shape index (κ3) is 6.77. The lowest BCUT2D eigenvalue weighted by atomic mass is 9.74. The SMILES string of the molecule is CC(C)(C)c1cccc(C2(NCC(O)C(Cc3cc(F)cc(F)c3)C(=O)Nc3ccccc3)CCc3nocc3C2)c1. The van der Waals surface area contributed by atoms with Crippen LogP contribution in [0.25, 0.3) is 0 Å². The van der Waals surface area contributed by atoms with Crippen molar-refractivity contribution < 1.29 is 23.2 Å². The van der Waals surface area contributed by atoms with Gasteiger partial charge in [0.25, 0.3) is 0 Å². The number of carbonyl (C=O) groups is 1. The van der Waals surface area contributed by atoms with Gasteiger partial charge in [-0.05, 0) is 72.1 Å². The molecule has 1 amide bonds. The van der Waals surface area contributed by atoms with Crippen molar-refractivity contribution in [3.63, 3.8) is 0 Å². The number of rotatable bonds is 9. The van der Waals surface area contributed by atoms with Crippen LogP contribution in [-0.2, 0) is 35.0 Å². The number of fused-ring (bicyclic) bond motifs is 1. The fourth-order valence-corrected chi connectivity index (χ4v) is 5.74. The summed E-state index contributed by atoms with van der Waals surface area (Å²) in [6.45, 7) is 6.57. The first kappa shape index (κ1) is 29.6. The van der Waals surface area contributed by atoms with Crippen LogP contribution >= 0.6 is 0 Å². The second-order valence-electron chi connectivity index (χ2n) is 12.3. The van der Waals surface area contributed by atoms with Crippen LogP contribution in [0.5, 0.6) is 0 Å². The molecule has 0 fully saturated rings. The molecule has 3 atom stereocenters. The van der Waals surface area contributed by atoms with E-state index in [0.29, 0.717) is 30.5 Å². The maximum atomic E-state index is 14.0. The van der Waals surface area contributed by atoms with Gasteiger partial charge >= 0.3 is 0 Å². The van der Waals surface area contributed by atoms with Gasteiger partial charge in [-0.1, -0.05) is 68.4 Å². The number of hydrogen-bond donors (Lipinski definition) is 3. The van der Waals surface area contributed by atoms with Gasteiger partial charge in [-0.15, -0.1) is 0 Å². The molecule has 220 valence electrons. The molecule has 8 heteroatoms. The minimum atomic E-state index is -1.16. The molecule has 0 bridgehead atoms. The van der Waals surface area contributed by atoms with E-state index >= 15 is 0 Å². The maximum absolute atomic E-state index is 14.0. The maximum Gasteiger partial charge on any atom is 0.230 e. The molecule has 6 nitrogen and oxygen atoms in total. The normalized spacial score (nSPS) is 18.2. The Morgan fingerprint density at radius 1 is 1.05 bits per heavy atom. The lowest BCUT2D eigenvalue weighted by molar-refractivity contribution is -0.123. The molecule has 0 aliphatic heterocycles. The number of benzene rings is 3. The van der Waals surface area contributed by atoms with E-state index in [1.807, 2.05) is 12.1 Å². The smallest absolute Gasteiger partial charge is 0.230 e. The van der Waals surface area contributed by atoms with E-state index in [2.05, 4.69) is 54.8 Å². The third-order valence-electron chi connectivity index (χ3n) is 8.16. The van der Waals surface area contributed by atoms with Gasteiger partial charge in [-0.2, -0.15) is 0 Å². The minimum Gasteiger partial charge on any atom is -0.391 e. The Hall–Kier alpha value is -3.88. The molecule has 0 spiro atoms. The first-order valence-electron chi connectivity index (χ1n) is 14.3. The summed E-state index contributed by atoms with van der Waals surface area (Å²) in [5.41, 5.74) is 4.43. The zero-order chi connectivity index (χ0) is 29.9. The molecular formula is C34H37F2N3O3. The van der Waals surface area contributed by atoms with Crippen LogP contribution < -0.4 is 10.6 Å². The van der Waals surface area contributed by atoms with Crippen LogP contribution in [0.15, 0.2) is 83.6 Å². The predicted octanol–water partition coefficient (Wildman–Crippen LogP) is 6.08. The molecule has 0 saturated heterocycles. The molecular weight excluding hydrogens is 536 g/mol. The standard InChI is InChI=1S/C34H37F2N3O3/c1-33(2,3)24-8-7-9-25(17-24)34(13-12-30-23(19-34)21-42-39-30)37-20-31(40)29(16-22-14-26(35)18-27(36)15-22)32(41)38-28-10-5-4-6-11-28/h4-11,14-15,17-18,21,29,31,37,40H,12-13,16,19-20H2,1-3H3,(H,38,41). The zero-order valence-electron chi connectivity index (χ0n) is 24.2. The van der Waals surface area contributed by atoms with Crippen molar-refractivity contribution in [2.45, 2.75) is 63.5 Å². The van der Waals surface area contributed by atoms with Gasteiger partial charge < -0.3 is 20.3 Å². The van der Waals surface area contributed by atoms with Crippen LogP contribution in [0.2, 0.25) is 0 Å². The summed E-state index contributed by atoms with van der Waals surface area (Å²) < 4.78 is 33.3. The largest absolute Gasteiger partial charge is 0.391 e. The van der Waals surface area contributed by atoms with Gasteiger partial charge in [0.1, 0.15) is 17.9 Å². The topological polar surface area (TPSA) is 87.4 Å². The Kier molecular flexibility index (Phi) is 8.57. The second-order valence-corrected chi connectivity index (χ2v) is 12.3. The van der Waals surface area contributed by atoms with Gasteiger partial charge in [0.05, 0.1) is 17.7 Å². The number of amides is 1. The molecule has 3 aromatic carbocycles. The fraction of sp³-hybridized carbons (Fsp3) is 0.353. The number of para-hydroxylation sites is 1. The van der Waals surface area contributed by atoms with Crippen molar-refractivity contribution in [2.75, 3.05) is 11.9 Å². The first-order chi connectivity index (χ1) is 20.0. The Bertz CT molecular complexity index is 1510. The van der Waals surface area contributed by atoms with E-state index in [0.717, 1.165) is 22.9 Å². The molecule has 42 heavy (non-hydrogen) atoms. The number of aromatic nitrogens is 1. The van der Waals surface area contributed by atoms with Crippen LogP contribution in [0, 0.1) is 17.6 Å². The number of aryl methyl sites for hydroxylation is 1. The number of nitrogens with one attached hydrogen (secondary N) is 2. The lowest BCUT2D eigenvalue weighted by Crippen LogP contribution is -2.51. The van der Waals surface area contributed by atoms with Gasteiger partial charge in [-0.25, -0.2) is 8.78 Å². The van der Waals surface area contributed by atoms with E-state index in [1.54, 1.807) is 30.5 Å². The molecule has 4 aromatic rings. The Morgan fingerprint density at radius 2 is 1.79 bits per heavy atom. The molecule has 1 aliphatic rings. The van der Waals surface area contributed by atoms with Gasteiger partial charge in [0, 0.05) is 29.4 Å². The van der Waals surface area contributed by atoms with Crippen LogP contribution in [-0.4, -0.2) is 28.8 Å². The van der Waals surface area contributed by atoms with Crippen LogP contribution in [0.1, 0.15) is 55.1 Å². The Morgan fingerprint density at radius 3 is 2.50 bits per heavy atom. The monoisotopic (exact) mass is 573 g/mol. The van der Waals surface area contributed by atoms with Crippen molar-refractivity contribution in [3.8, 4) is 0 Å². The number of aliphatic hydroxyl groups is 1. The van der Waals surface area contributed by atoms with Crippen molar-refractivity contribution in [2.24, 2.45) is 5.92 Å². The molecule has 3 unspecified atom stereocenters. The number of hydrogen-bond acceptors (Lipinski definition) is 5. The third-order valence-corrected chi connectivity index (χ3v) is 8.16. The van der Waals surface area contributed by atoms with Gasteiger partial charge in [-0.3, -0.25) is 4.79 Å². The highest BCUT2D eigenvalue weighted by Crippen LogP contribution is 2.38. The van der Waals surface area contributed by atoms with E-state index in [4.69, 9.17) is 4.52 Å². The van der Waals surface area contributed by atoms with Crippen LogP contribution in [0.3, 0.4) is 0 Å². The Balaban J connectivity index is 1.44. The van der Waals surface area contributed by atoms with Crippen molar-refractivity contribution in [3.05, 3.63) is 119 Å². The van der Waals surface area contributed by atoms with Crippen molar-refractivity contribution in [1.82, 2.24) is 10.5 Å². The first-order valence-corrected chi connectivity index (χ1v) is 14.3. The summed E-state index contributed by atoms with van der Waals surface area (Å²) >= 11 is 0. The lowest BCUT2D eigenvalue weighted by Gasteiger charge is -2.40. The van der Waals surface area contributed by atoms with Gasteiger partial charge in [0.15, 0.2) is 0 Å². The molecule has 0 saturated carbocycles. The predicted molar refractivity (Wildman–Crippen MR) is 158 cm³/mol. The van der Waals surface area contributed by atoms with Gasteiger partial charge in [0.2, 0.25) is 5.91 Å². The molecule has 0 radical (unpaired) electrons.